The molecule has 1 N–H and O–H groups in total. The second-order valence-electron chi connectivity index (χ2n) is 8.49. The minimum Gasteiger partial charge on any atom is -0.353 e. The van der Waals surface area contributed by atoms with Gasteiger partial charge in [0, 0.05) is 49.1 Å². The zero-order valence-corrected chi connectivity index (χ0v) is 18.9. The van der Waals surface area contributed by atoms with E-state index >= 15 is 0 Å². The number of nitrogens with zero attached hydrogens (tertiary/aromatic N) is 3. The highest BCUT2D eigenvalue weighted by molar-refractivity contribution is 5.98. The molecule has 168 valence electrons. The maximum atomic E-state index is 12.2. The van der Waals surface area contributed by atoms with Crippen LogP contribution in [-0.2, 0) is 17.8 Å². The van der Waals surface area contributed by atoms with Crippen LogP contribution in [0.15, 0.2) is 54.7 Å². The van der Waals surface area contributed by atoms with Gasteiger partial charge in [-0.05, 0) is 80.3 Å². The normalized spacial score (nSPS) is 13.7. The highest BCUT2D eigenvalue weighted by Crippen LogP contribution is 2.21. The number of hydrogen-bond donors (Lipinski definition) is 1. The Kier molecular flexibility index (Phi) is 7.01. The average Bonchev–Trinajstić information content (AvgIpc) is 3.24. The first-order chi connectivity index (χ1) is 16.0. The number of fused-ring (bicyclic) bond motifs is 2. The maximum Gasteiger partial charge on any atom is 0.245 e. The quantitative estimate of drug-likeness (QED) is 0.324. The summed E-state index contributed by atoms with van der Waals surface area (Å²) in [4.78, 5) is 26.1. The van der Waals surface area contributed by atoms with Gasteiger partial charge in [0.25, 0.3) is 0 Å². The summed E-state index contributed by atoms with van der Waals surface area (Å²) < 4.78 is 1.88. The van der Waals surface area contributed by atoms with Crippen molar-refractivity contribution in [2.24, 2.45) is 0 Å². The van der Waals surface area contributed by atoms with E-state index < -0.39 is 0 Å². The molecule has 0 bridgehead atoms. The molecule has 1 aliphatic heterocycles. The molecule has 0 atom stereocenters. The Labute approximate surface area is 194 Å². The molecule has 0 spiro atoms. The lowest BCUT2D eigenvalue weighted by Gasteiger charge is -2.28. The van der Waals surface area contributed by atoms with Gasteiger partial charge in [-0.2, -0.15) is 5.26 Å². The van der Waals surface area contributed by atoms with Gasteiger partial charge < -0.3 is 9.88 Å². The first-order valence-electron chi connectivity index (χ1n) is 11.4. The van der Waals surface area contributed by atoms with E-state index in [1.54, 1.807) is 19.2 Å². The third kappa shape index (κ3) is 5.57. The van der Waals surface area contributed by atoms with Crippen molar-refractivity contribution < 1.29 is 9.59 Å². The SMILES string of the molecule is CC(=O)c1ccc2c(ccn2/C=C/C(=O)NCCCCN2CCc3ccc(C#N)cc3C2)c1. The lowest BCUT2D eigenvalue weighted by Crippen LogP contribution is -2.32. The number of rotatable bonds is 8. The van der Waals surface area contributed by atoms with Crippen molar-refractivity contribution in [3.05, 3.63) is 77.0 Å². The van der Waals surface area contributed by atoms with Gasteiger partial charge in [0.2, 0.25) is 5.91 Å². The molecule has 3 aromatic rings. The van der Waals surface area contributed by atoms with Crippen LogP contribution in [0.3, 0.4) is 0 Å². The summed E-state index contributed by atoms with van der Waals surface area (Å²) in [6.45, 7) is 5.10. The molecule has 0 radical (unpaired) electrons. The fourth-order valence-electron chi connectivity index (χ4n) is 4.27. The number of aromatic nitrogens is 1. The Bertz CT molecular complexity index is 1250. The first kappa shape index (κ1) is 22.5. The molecule has 1 amide bonds. The van der Waals surface area contributed by atoms with E-state index in [0.717, 1.165) is 55.4 Å². The van der Waals surface area contributed by atoms with E-state index in [9.17, 15) is 9.59 Å². The number of nitriles is 1. The molecule has 0 saturated heterocycles. The van der Waals surface area contributed by atoms with E-state index in [2.05, 4.69) is 22.4 Å². The number of carbonyl (C=O) groups excluding carboxylic acids is 2. The summed E-state index contributed by atoms with van der Waals surface area (Å²) in [5.74, 6) is -0.0778. The Morgan fingerprint density at radius 3 is 2.82 bits per heavy atom. The third-order valence-electron chi connectivity index (χ3n) is 6.14. The standard InChI is InChI=1S/C27H28N4O2/c1-20(32)23-6-7-26-24(17-23)9-14-31(26)15-10-27(33)29-11-2-3-12-30-13-8-22-5-4-21(18-28)16-25(22)19-30/h4-7,9-10,14-17H,2-3,8,11-13,19H2,1H3,(H,29,33)/b15-10+. The minimum absolute atomic E-state index is 0.0396. The molecular formula is C27H28N4O2. The van der Waals surface area contributed by atoms with Crippen LogP contribution in [0, 0.1) is 11.3 Å². The van der Waals surface area contributed by atoms with Crippen LogP contribution < -0.4 is 5.32 Å². The van der Waals surface area contributed by atoms with Crippen molar-refractivity contribution in [1.29, 1.82) is 5.26 Å². The van der Waals surface area contributed by atoms with Gasteiger partial charge in [-0.3, -0.25) is 14.5 Å². The number of hydrogen-bond acceptors (Lipinski definition) is 4. The fourth-order valence-corrected chi connectivity index (χ4v) is 4.27. The predicted octanol–water partition coefficient (Wildman–Crippen LogP) is 4.14. The van der Waals surface area contributed by atoms with E-state index in [0.29, 0.717) is 12.1 Å². The van der Waals surface area contributed by atoms with Crippen LogP contribution in [0.5, 0.6) is 0 Å². The van der Waals surface area contributed by atoms with Crippen molar-refractivity contribution in [3.63, 3.8) is 0 Å². The third-order valence-corrected chi connectivity index (χ3v) is 6.14. The Morgan fingerprint density at radius 2 is 2.00 bits per heavy atom. The number of unbranched alkanes of at least 4 members (excludes halogenated alkanes) is 1. The zero-order valence-electron chi connectivity index (χ0n) is 18.9. The second kappa shape index (κ2) is 10.3. The summed E-state index contributed by atoms with van der Waals surface area (Å²) in [5, 5.41) is 13.0. The summed E-state index contributed by atoms with van der Waals surface area (Å²) in [5.41, 5.74) is 4.96. The molecule has 0 aliphatic carbocycles. The van der Waals surface area contributed by atoms with Gasteiger partial charge in [0.15, 0.2) is 5.78 Å². The molecule has 6 nitrogen and oxygen atoms in total. The minimum atomic E-state index is -0.117. The highest BCUT2D eigenvalue weighted by Gasteiger charge is 2.16. The Hall–Kier alpha value is -3.69. The Morgan fingerprint density at radius 1 is 1.12 bits per heavy atom. The summed E-state index contributed by atoms with van der Waals surface area (Å²) in [7, 11) is 0. The monoisotopic (exact) mass is 440 g/mol. The number of Topliss-reactive ketones (excluding diaryl/α,β-unsaturated/α-hetero) is 1. The van der Waals surface area contributed by atoms with E-state index in [1.165, 1.54) is 17.2 Å². The molecule has 0 fully saturated rings. The topological polar surface area (TPSA) is 78.1 Å². The molecule has 4 rings (SSSR count). The van der Waals surface area contributed by atoms with Gasteiger partial charge in [-0.1, -0.05) is 6.07 Å². The van der Waals surface area contributed by atoms with E-state index in [1.807, 2.05) is 41.1 Å². The van der Waals surface area contributed by atoms with Crippen LogP contribution in [0.25, 0.3) is 17.1 Å². The van der Waals surface area contributed by atoms with Crippen molar-refractivity contribution in [2.75, 3.05) is 19.6 Å². The molecule has 0 unspecified atom stereocenters. The summed E-state index contributed by atoms with van der Waals surface area (Å²) in [6.07, 6.45) is 8.11. The number of carbonyl (C=O) groups is 2. The van der Waals surface area contributed by atoms with Crippen LogP contribution in [0.2, 0.25) is 0 Å². The number of nitrogens with one attached hydrogen (secondary N) is 1. The predicted molar refractivity (Wildman–Crippen MR) is 130 cm³/mol. The van der Waals surface area contributed by atoms with Crippen LogP contribution in [0.1, 0.15) is 46.8 Å². The molecule has 1 aromatic heterocycles. The van der Waals surface area contributed by atoms with Gasteiger partial charge in [-0.25, -0.2) is 0 Å². The molecule has 33 heavy (non-hydrogen) atoms. The summed E-state index contributed by atoms with van der Waals surface area (Å²) in [6, 6.07) is 15.7. The molecular weight excluding hydrogens is 412 g/mol. The zero-order chi connectivity index (χ0) is 23.2. The van der Waals surface area contributed by atoms with Crippen LogP contribution in [0.4, 0.5) is 0 Å². The smallest absolute Gasteiger partial charge is 0.245 e. The lowest BCUT2D eigenvalue weighted by atomic mass is 9.97. The lowest BCUT2D eigenvalue weighted by molar-refractivity contribution is -0.116. The second-order valence-corrected chi connectivity index (χ2v) is 8.49. The van der Waals surface area contributed by atoms with Gasteiger partial charge in [-0.15, -0.1) is 0 Å². The van der Waals surface area contributed by atoms with Crippen molar-refractivity contribution in [2.45, 2.75) is 32.7 Å². The van der Waals surface area contributed by atoms with E-state index in [-0.39, 0.29) is 11.7 Å². The first-order valence-corrected chi connectivity index (χ1v) is 11.4. The Balaban J connectivity index is 1.20. The number of benzene rings is 2. The van der Waals surface area contributed by atoms with Crippen LogP contribution >= 0.6 is 0 Å². The summed E-state index contributed by atoms with van der Waals surface area (Å²) >= 11 is 0. The molecule has 2 aromatic carbocycles. The molecule has 2 heterocycles. The van der Waals surface area contributed by atoms with Crippen molar-refractivity contribution in [1.82, 2.24) is 14.8 Å². The fraction of sp³-hybridized carbons (Fsp3) is 0.296. The van der Waals surface area contributed by atoms with Crippen LogP contribution in [-0.4, -0.2) is 40.8 Å². The molecule has 6 heteroatoms. The van der Waals surface area contributed by atoms with Gasteiger partial charge >= 0.3 is 0 Å². The maximum absolute atomic E-state index is 12.2. The average molecular weight is 441 g/mol. The number of ketones is 1. The molecule has 0 saturated carbocycles. The number of amides is 1. The van der Waals surface area contributed by atoms with E-state index in [4.69, 9.17) is 5.26 Å². The van der Waals surface area contributed by atoms with Crippen molar-refractivity contribution in [3.8, 4) is 6.07 Å². The largest absolute Gasteiger partial charge is 0.353 e. The molecule has 1 aliphatic rings. The highest BCUT2D eigenvalue weighted by atomic mass is 16.1. The van der Waals surface area contributed by atoms with Gasteiger partial charge in [0.05, 0.1) is 17.1 Å². The van der Waals surface area contributed by atoms with Crippen molar-refractivity contribution >= 4 is 28.8 Å². The van der Waals surface area contributed by atoms with Gasteiger partial charge in [0.1, 0.15) is 0 Å².